The molecule has 0 aliphatic heterocycles. The summed E-state index contributed by atoms with van der Waals surface area (Å²) in [6.45, 7) is 0. The third-order valence-electron chi connectivity index (χ3n) is 3.06. The predicted octanol–water partition coefficient (Wildman–Crippen LogP) is 3.17. The van der Waals surface area contributed by atoms with Crippen LogP contribution in [0.5, 0.6) is 11.5 Å². The maximum atomic E-state index is 5.73. The number of rotatable bonds is 4. The van der Waals surface area contributed by atoms with Gasteiger partial charge >= 0.3 is 0 Å². The molecule has 6 heteroatoms. The van der Waals surface area contributed by atoms with Crippen LogP contribution in [0.15, 0.2) is 40.8 Å². The van der Waals surface area contributed by atoms with Crippen LogP contribution in [0, 0.1) is 0 Å². The average molecular weight is 285 g/mol. The third-order valence-corrected chi connectivity index (χ3v) is 3.06. The van der Waals surface area contributed by atoms with Crippen molar-refractivity contribution in [3.05, 3.63) is 36.4 Å². The first-order chi connectivity index (χ1) is 10.2. The van der Waals surface area contributed by atoms with Gasteiger partial charge in [0.15, 0.2) is 5.58 Å². The number of oxazole rings is 1. The maximum Gasteiger partial charge on any atom is 0.300 e. The lowest BCUT2D eigenvalue weighted by Crippen LogP contribution is -1.95. The van der Waals surface area contributed by atoms with E-state index in [0.717, 1.165) is 0 Å². The lowest BCUT2D eigenvalue weighted by atomic mass is 10.2. The summed E-state index contributed by atoms with van der Waals surface area (Å²) in [4.78, 5) is 4.35. The molecule has 0 fully saturated rings. The first kappa shape index (κ1) is 13.1. The lowest BCUT2D eigenvalue weighted by Gasteiger charge is -2.10. The van der Waals surface area contributed by atoms with Crippen LogP contribution in [0.4, 0.5) is 17.4 Å². The number of hydrogen-bond donors (Lipinski definition) is 2. The van der Waals surface area contributed by atoms with Crippen LogP contribution in [0.25, 0.3) is 11.1 Å². The summed E-state index contributed by atoms with van der Waals surface area (Å²) in [5.74, 6) is 1.37. The van der Waals surface area contributed by atoms with Gasteiger partial charge in [-0.15, -0.1) is 0 Å². The molecule has 3 N–H and O–H groups in total. The minimum absolute atomic E-state index is 0.363. The Morgan fingerprint density at radius 2 is 1.95 bits per heavy atom. The predicted molar refractivity (Wildman–Crippen MR) is 81.3 cm³/mol. The smallest absolute Gasteiger partial charge is 0.300 e. The first-order valence-corrected chi connectivity index (χ1v) is 6.34. The zero-order valence-corrected chi connectivity index (χ0v) is 11.7. The van der Waals surface area contributed by atoms with E-state index in [1.807, 2.05) is 18.2 Å². The number of hydrogen-bond acceptors (Lipinski definition) is 6. The van der Waals surface area contributed by atoms with E-state index in [9.17, 15) is 0 Å². The molecule has 0 bridgehead atoms. The molecule has 0 aliphatic rings. The summed E-state index contributed by atoms with van der Waals surface area (Å²) >= 11 is 0. The highest BCUT2D eigenvalue weighted by molar-refractivity contribution is 5.79. The molecule has 0 amide bonds. The number of nitrogen functional groups attached to an aromatic ring is 1. The maximum absolute atomic E-state index is 5.73. The van der Waals surface area contributed by atoms with Crippen molar-refractivity contribution in [3.8, 4) is 11.5 Å². The summed E-state index contributed by atoms with van der Waals surface area (Å²) in [6, 6.07) is 11.1. The van der Waals surface area contributed by atoms with Crippen LogP contribution in [-0.4, -0.2) is 19.2 Å². The normalized spacial score (nSPS) is 10.6. The summed E-state index contributed by atoms with van der Waals surface area (Å²) in [5.41, 5.74) is 8.43. The zero-order chi connectivity index (χ0) is 14.8. The van der Waals surface area contributed by atoms with Crippen LogP contribution >= 0.6 is 0 Å². The standard InChI is InChI=1S/C15H15N3O3/c1-19-10-4-6-13(20-2)12(8-10)18-15-17-11-7-9(16)3-5-14(11)21-15/h3-8H,16H2,1-2H3,(H,17,18). The number of anilines is 3. The van der Waals surface area contributed by atoms with Gasteiger partial charge in [-0.25, -0.2) is 0 Å². The van der Waals surface area contributed by atoms with E-state index in [2.05, 4.69) is 10.3 Å². The molecule has 108 valence electrons. The van der Waals surface area contributed by atoms with Crippen molar-refractivity contribution in [1.82, 2.24) is 4.98 Å². The fourth-order valence-corrected chi connectivity index (χ4v) is 2.02. The van der Waals surface area contributed by atoms with Gasteiger partial charge in [0, 0.05) is 11.8 Å². The molecular weight excluding hydrogens is 270 g/mol. The van der Waals surface area contributed by atoms with Gasteiger partial charge < -0.3 is 24.9 Å². The van der Waals surface area contributed by atoms with Crippen LogP contribution in [0.3, 0.4) is 0 Å². The van der Waals surface area contributed by atoms with Crippen molar-refractivity contribution in [2.45, 2.75) is 0 Å². The average Bonchev–Trinajstić information content (AvgIpc) is 2.88. The van der Waals surface area contributed by atoms with Gasteiger partial charge in [0.2, 0.25) is 0 Å². The molecule has 0 spiro atoms. The van der Waals surface area contributed by atoms with Gasteiger partial charge in [0.05, 0.1) is 19.9 Å². The number of nitrogens with two attached hydrogens (primary N) is 1. The highest BCUT2D eigenvalue weighted by Crippen LogP contribution is 2.32. The van der Waals surface area contributed by atoms with E-state index in [1.54, 1.807) is 32.4 Å². The Bertz CT molecular complexity index is 783. The molecule has 1 aromatic heterocycles. The van der Waals surface area contributed by atoms with Crippen molar-refractivity contribution in [1.29, 1.82) is 0 Å². The highest BCUT2D eigenvalue weighted by Gasteiger charge is 2.10. The molecule has 6 nitrogen and oxygen atoms in total. The fourth-order valence-electron chi connectivity index (χ4n) is 2.02. The molecule has 0 radical (unpaired) electrons. The topological polar surface area (TPSA) is 82.5 Å². The minimum Gasteiger partial charge on any atom is -0.497 e. The Hall–Kier alpha value is -2.89. The molecule has 0 saturated carbocycles. The number of ether oxygens (including phenoxy) is 2. The molecule has 21 heavy (non-hydrogen) atoms. The van der Waals surface area contributed by atoms with Crippen molar-refractivity contribution in [2.75, 3.05) is 25.3 Å². The molecule has 1 heterocycles. The number of nitrogens with one attached hydrogen (secondary N) is 1. The van der Waals surface area contributed by atoms with Gasteiger partial charge in [-0.2, -0.15) is 4.98 Å². The third kappa shape index (κ3) is 2.55. The molecule has 3 aromatic rings. The Balaban J connectivity index is 1.97. The molecule has 3 rings (SSSR count). The minimum atomic E-state index is 0.363. The number of benzene rings is 2. The Morgan fingerprint density at radius 1 is 1.10 bits per heavy atom. The number of fused-ring (bicyclic) bond motifs is 1. The molecule has 0 saturated heterocycles. The number of aromatic nitrogens is 1. The van der Waals surface area contributed by atoms with Crippen LogP contribution < -0.4 is 20.5 Å². The van der Waals surface area contributed by atoms with Crippen molar-refractivity contribution >= 4 is 28.5 Å². The second-order valence-electron chi connectivity index (χ2n) is 4.44. The molecule has 2 aromatic carbocycles. The quantitative estimate of drug-likeness (QED) is 0.716. The van der Waals surface area contributed by atoms with E-state index >= 15 is 0 Å². The number of nitrogens with zero attached hydrogens (tertiary/aromatic N) is 1. The van der Waals surface area contributed by atoms with Gasteiger partial charge in [0.1, 0.15) is 17.0 Å². The lowest BCUT2D eigenvalue weighted by molar-refractivity contribution is 0.404. The molecule has 0 aliphatic carbocycles. The van der Waals surface area contributed by atoms with Crippen LogP contribution in [-0.2, 0) is 0 Å². The van der Waals surface area contributed by atoms with Crippen LogP contribution in [0.2, 0.25) is 0 Å². The van der Waals surface area contributed by atoms with Crippen LogP contribution in [0.1, 0.15) is 0 Å². The molecule has 0 unspecified atom stereocenters. The highest BCUT2D eigenvalue weighted by atomic mass is 16.5. The van der Waals surface area contributed by atoms with E-state index in [1.165, 1.54) is 0 Å². The van der Waals surface area contributed by atoms with Gasteiger partial charge in [-0.05, 0) is 30.3 Å². The zero-order valence-electron chi connectivity index (χ0n) is 11.7. The van der Waals surface area contributed by atoms with E-state index < -0.39 is 0 Å². The summed E-state index contributed by atoms with van der Waals surface area (Å²) < 4.78 is 16.1. The second-order valence-corrected chi connectivity index (χ2v) is 4.44. The van der Waals surface area contributed by atoms with Crippen molar-refractivity contribution in [3.63, 3.8) is 0 Å². The van der Waals surface area contributed by atoms with Crippen molar-refractivity contribution < 1.29 is 13.9 Å². The summed E-state index contributed by atoms with van der Waals surface area (Å²) in [7, 11) is 3.20. The van der Waals surface area contributed by atoms with E-state index in [4.69, 9.17) is 19.6 Å². The fraction of sp³-hybridized carbons (Fsp3) is 0.133. The molecule has 0 atom stereocenters. The van der Waals surface area contributed by atoms with Gasteiger partial charge in [0.25, 0.3) is 6.01 Å². The van der Waals surface area contributed by atoms with Gasteiger partial charge in [-0.1, -0.05) is 0 Å². The Morgan fingerprint density at radius 3 is 2.71 bits per heavy atom. The Labute approximate surface area is 121 Å². The van der Waals surface area contributed by atoms with Gasteiger partial charge in [-0.3, -0.25) is 0 Å². The molecular formula is C15H15N3O3. The second kappa shape index (κ2) is 5.24. The Kier molecular flexibility index (Phi) is 3.27. The largest absolute Gasteiger partial charge is 0.497 e. The van der Waals surface area contributed by atoms with E-state index in [0.29, 0.717) is 40.0 Å². The number of methoxy groups -OCH3 is 2. The summed E-state index contributed by atoms with van der Waals surface area (Å²) in [6.07, 6.45) is 0. The summed E-state index contributed by atoms with van der Waals surface area (Å²) in [5, 5.41) is 3.08. The van der Waals surface area contributed by atoms with Crippen molar-refractivity contribution in [2.24, 2.45) is 0 Å². The monoisotopic (exact) mass is 285 g/mol. The first-order valence-electron chi connectivity index (χ1n) is 6.34. The van der Waals surface area contributed by atoms with E-state index in [-0.39, 0.29) is 0 Å². The SMILES string of the molecule is COc1ccc(OC)c(Nc2nc3cc(N)ccc3o2)c1.